The van der Waals surface area contributed by atoms with E-state index in [9.17, 15) is 36.0 Å². The average Bonchev–Trinajstić information content (AvgIpc) is 2.65. The highest BCUT2D eigenvalue weighted by atomic mass is 32.2. The molecule has 0 spiro atoms. The summed E-state index contributed by atoms with van der Waals surface area (Å²) in [6.07, 6.45) is 1.96. The number of hydrogen-bond donors (Lipinski definition) is 2. The van der Waals surface area contributed by atoms with Crippen LogP contribution in [-0.2, 0) is 19.7 Å². The lowest BCUT2D eigenvalue weighted by Crippen LogP contribution is -2.16. The van der Waals surface area contributed by atoms with Gasteiger partial charge in [0.15, 0.2) is 19.7 Å². The molecule has 0 aliphatic rings. The molecular formula is C18H14N2O10S2. The molecule has 2 aromatic heterocycles. The molecule has 0 amide bonds. The van der Waals surface area contributed by atoms with Crippen molar-refractivity contribution in [3.05, 3.63) is 78.3 Å². The summed E-state index contributed by atoms with van der Waals surface area (Å²) in [6, 6.07) is 8.31. The maximum Gasteiger partial charge on any atom is 0.419 e. The van der Waals surface area contributed by atoms with Gasteiger partial charge in [0, 0.05) is 12.5 Å². The minimum atomic E-state index is -3.55. The minimum Gasteiger partial charge on any atom is -0.372 e. The second kappa shape index (κ2) is 8.05. The number of H-pyrrole nitrogens is 2. The number of fused-ring (bicyclic) bond motifs is 2. The van der Waals surface area contributed by atoms with Crippen LogP contribution in [0.4, 0.5) is 0 Å². The number of sulfone groups is 2. The first-order valence-electron chi connectivity index (χ1n) is 8.51. The second-order valence-corrected chi connectivity index (χ2v) is 10.5. The van der Waals surface area contributed by atoms with Crippen LogP contribution in [0.5, 0.6) is 0 Å². The van der Waals surface area contributed by atoms with Crippen molar-refractivity contribution in [1.82, 2.24) is 9.97 Å². The highest BCUT2D eigenvalue weighted by Crippen LogP contribution is 2.18. The largest absolute Gasteiger partial charge is 0.419 e. The lowest BCUT2D eigenvalue weighted by molar-refractivity contribution is 0.458. The number of rotatable bonds is 2. The van der Waals surface area contributed by atoms with Gasteiger partial charge >= 0.3 is 22.8 Å². The number of hydrogen-bond acceptors (Lipinski definition) is 10. The first kappa shape index (κ1) is 22.9. The van der Waals surface area contributed by atoms with E-state index in [4.69, 9.17) is 0 Å². The highest BCUT2D eigenvalue weighted by molar-refractivity contribution is 7.91. The molecule has 0 radical (unpaired) electrons. The van der Waals surface area contributed by atoms with Crippen LogP contribution in [-0.4, -0.2) is 39.3 Å². The first-order chi connectivity index (χ1) is 14.8. The van der Waals surface area contributed by atoms with Crippen LogP contribution in [0.15, 0.2) is 74.2 Å². The third kappa shape index (κ3) is 4.60. The van der Waals surface area contributed by atoms with E-state index in [2.05, 4.69) is 18.8 Å². The summed E-state index contributed by atoms with van der Waals surface area (Å²) >= 11 is 0. The van der Waals surface area contributed by atoms with Crippen molar-refractivity contribution < 1.29 is 25.7 Å². The summed E-state index contributed by atoms with van der Waals surface area (Å²) in [5.41, 5.74) is -1.63. The molecule has 0 unspecified atom stereocenters. The van der Waals surface area contributed by atoms with Gasteiger partial charge in [-0.05, 0) is 24.3 Å². The van der Waals surface area contributed by atoms with E-state index in [-0.39, 0.29) is 31.6 Å². The van der Waals surface area contributed by atoms with E-state index in [1.807, 2.05) is 0 Å². The van der Waals surface area contributed by atoms with E-state index in [0.29, 0.717) is 0 Å². The molecule has 2 heterocycles. The average molecular weight is 482 g/mol. The van der Waals surface area contributed by atoms with Gasteiger partial charge in [-0.1, -0.05) is 12.1 Å². The molecule has 12 nitrogen and oxygen atoms in total. The Bertz CT molecular complexity index is 1670. The molecule has 0 saturated carbocycles. The van der Waals surface area contributed by atoms with Gasteiger partial charge in [-0.25, -0.2) is 36.0 Å². The maximum atomic E-state index is 11.4. The van der Waals surface area contributed by atoms with Crippen molar-refractivity contribution in [1.29, 1.82) is 0 Å². The molecule has 32 heavy (non-hydrogen) atoms. The number of aromatic nitrogens is 2. The van der Waals surface area contributed by atoms with Crippen LogP contribution in [0.25, 0.3) is 21.8 Å². The first-order valence-corrected chi connectivity index (χ1v) is 12.3. The van der Waals surface area contributed by atoms with Gasteiger partial charge < -0.3 is 8.83 Å². The maximum absolute atomic E-state index is 11.4. The Labute approximate surface area is 178 Å². The topological polar surface area (TPSA) is 194 Å². The van der Waals surface area contributed by atoms with Gasteiger partial charge in [-0.15, -0.1) is 0 Å². The van der Waals surface area contributed by atoms with E-state index >= 15 is 0 Å². The van der Waals surface area contributed by atoms with Crippen molar-refractivity contribution in [3.63, 3.8) is 0 Å². The van der Waals surface area contributed by atoms with Gasteiger partial charge in [0.2, 0.25) is 0 Å². The number of benzene rings is 2. The van der Waals surface area contributed by atoms with Gasteiger partial charge in [0.05, 0.1) is 20.8 Å². The third-order valence-corrected chi connectivity index (χ3v) is 6.38. The molecular weight excluding hydrogens is 468 g/mol. The zero-order valence-corrected chi connectivity index (χ0v) is 18.0. The predicted octanol–water partition coefficient (Wildman–Crippen LogP) is -0.230. The molecule has 2 N–H and O–H groups in total. The van der Waals surface area contributed by atoms with E-state index in [0.717, 1.165) is 12.5 Å². The van der Waals surface area contributed by atoms with E-state index in [1.54, 1.807) is 0 Å². The van der Waals surface area contributed by atoms with Crippen molar-refractivity contribution in [2.75, 3.05) is 12.5 Å². The summed E-state index contributed by atoms with van der Waals surface area (Å²) < 4.78 is 54.2. The summed E-state index contributed by atoms with van der Waals surface area (Å²) in [6.45, 7) is 0. The van der Waals surface area contributed by atoms with Crippen LogP contribution < -0.4 is 22.8 Å². The SMILES string of the molecule is CS(=O)(=O)c1cccc2[nH]c(=O)oc(=O)c12.CS(=O)(=O)c1cccc2[nH]c(=O)oc(=O)c12. The van der Waals surface area contributed by atoms with E-state index in [1.165, 1.54) is 36.4 Å². The Morgan fingerprint density at radius 2 is 0.969 bits per heavy atom. The zero-order chi connectivity index (χ0) is 23.8. The third-order valence-electron chi connectivity index (χ3n) is 4.10. The van der Waals surface area contributed by atoms with Crippen LogP contribution in [0, 0.1) is 0 Å². The fraction of sp³-hybridized carbons (Fsp3) is 0.111. The summed E-state index contributed by atoms with van der Waals surface area (Å²) in [5, 5.41) is -0.269. The van der Waals surface area contributed by atoms with Crippen molar-refractivity contribution in [2.45, 2.75) is 9.79 Å². The molecule has 0 saturated heterocycles. The normalized spacial score (nSPS) is 11.8. The lowest BCUT2D eigenvalue weighted by atomic mass is 10.2. The van der Waals surface area contributed by atoms with Crippen LogP contribution in [0.2, 0.25) is 0 Å². The monoisotopic (exact) mass is 482 g/mol. The van der Waals surface area contributed by atoms with Gasteiger partial charge in [-0.2, -0.15) is 0 Å². The molecule has 0 bridgehead atoms. The van der Waals surface area contributed by atoms with Crippen molar-refractivity contribution >= 4 is 41.5 Å². The molecule has 0 atom stereocenters. The smallest absolute Gasteiger partial charge is 0.372 e. The number of aromatic amines is 2. The molecule has 0 aliphatic carbocycles. The highest BCUT2D eigenvalue weighted by Gasteiger charge is 2.16. The molecule has 2 aromatic carbocycles. The Morgan fingerprint density at radius 1 is 0.625 bits per heavy atom. The number of nitrogens with one attached hydrogen (secondary N) is 2. The molecule has 0 aliphatic heterocycles. The van der Waals surface area contributed by atoms with Crippen LogP contribution in [0.3, 0.4) is 0 Å². The summed E-state index contributed by atoms with van der Waals surface area (Å²) in [7, 11) is -7.09. The Morgan fingerprint density at radius 3 is 1.28 bits per heavy atom. The summed E-state index contributed by atoms with van der Waals surface area (Å²) in [4.78, 5) is 48.8. The van der Waals surface area contributed by atoms with Crippen LogP contribution >= 0.6 is 0 Å². The van der Waals surface area contributed by atoms with Crippen molar-refractivity contribution in [2.24, 2.45) is 0 Å². The Balaban J connectivity index is 0.000000181. The van der Waals surface area contributed by atoms with Crippen molar-refractivity contribution in [3.8, 4) is 0 Å². The standard InChI is InChI=1S/2C9H7NO5S/c2*1-16(13,14)6-4-2-3-5-7(6)8(11)15-9(12)10-5/h2*2-4H,1H3,(H,10,12). The fourth-order valence-corrected chi connectivity index (χ4v) is 4.63. The molecule has 0 fully saturated rings. The molecule has 168 valence electrons. The Kier molecular flexibility index (Phi) is 5.76. The molecule has 14 heteroatoms. The quantitative estimate of drug-likeness (QED) is 0.385. The summed E-state index contributed by atoms with van der Waals surface area (Å²) in [5.74, 6) is -1.83. The van der Waals surface area contributed by atoms with Gasteiger partial charge in [0.25, 0.3) is 0 Å². The predicted molar refractivity (Wildman–Crippen MR) is 112 cm³/mol. The minimum absolute atomic E-state index is 0.135. The van der Waals surface area contributed by atoms with Gasteiger partial charge in [0.1, 0.15) is 10.8 Å². The zero-order valence-electron chi connectivity index (χ0n) is 16.4. The van der Waals surface area contributed by atoms with Gasteiger partial charge in [-0.3, -0.25) is 9.97 Å². The van der Waals surface area contributed by atoms with Crippen LogP contribution in [0.1, 0.15) is 0 Å². The van der Waals surface area contributed by atoms with E-state index < -0.39 is 42.4 Å². The molecule has 4 rings (SSSR count). The Hall–Kier alpha value is -3.78. The molecule has 4 aromatic rings. The fourth-order valence-electron chi connectivity index (χ4n) is 2.85. The second-order valence-electron chi connectivity index (χ2n) is 6.51. The lowest BCUT2D eigenvalue weighted by Gasteiger charge is -2.01.